The van der Waals surface area contributed by atoms with Gasteiger partial charge in [0, 0.05) is 18.8 Å². The van der Waals surface area contributed by atoms with Crippen LogP contribution in [0.3, 0.4) is 0 Å². The molecule has 0 saturated heterocycles. The lowest BCUT2D eigenvalue weighted by atomic mass is 10.2. The Labute approximate surface area is 138 Å². The third-order valence-electron chi connectivity index (χ3n) is 3.51. The summed E-state index contributed by atoms with van der Waals surface area (Å²) in [6.07, 6.45) is 1.84. The lowest BCUT2D eigenvalue weighted by Crippen LogP contribution is -2.24. The minimum Gasteiger partial charge on any atom is -0.382 e. The molecule has 0 saturated carbocycles. The van der Waals surface area contributed by atoms with E-state index in [9.17, 15) is 8.42 Å². The number of nitrogens with zero attached hydrogens (tertiary/aromatic N) is 3. The average Bonchev–Trinajstić information content (AvgIpc) is 2.80. The predicted octanol–water partition coefficient (Wildman–Crippen LogP) is 1.90. The zero-order valence-corrected chi connectivity index (χ0v) is 15.6. The Kier molecular flexibility index (Phi) is 6.52. The van der Waals surface area contributed by atoms with Crippen molar-refractivity contribution in [3.63, 3.8) is 0 Å². The van der Waals surface area contributed by atoms with Gasteiger partial charge in [0.2, 0.25) is 10.0 Å². The molecule has 0 spiro atoms. The first-order chi connectivity index (χ1) is 10.7. The molecule has 2 heterocycles. The summed E-state index contributed by atoms with van der Waals surface area (Å²) in [5, 5.41) is 0. The smallest absolute Gasteiger partial charge is 0.208 e. The normalized spacial score (nSPS) is 11.4. The zero-order valence-electron chi connectivity index (χ0n) is 14.8. The Bertz CT molecular complexity index is 781. The average molecular weight is 341 g/mol. The van der Waals surface area contributed by atoms with Gasteiger partial charge in [-0.1, -0.05) is 13.8 Å². The van der Waals surface area contributed by atoms with E-state index in [0.717, 1.165) is 28.9 Å². The summed E-state index contributed by atoms with van der Waals surface area (Å²) in [4.78, 5) is 8.77. The number of aryl methyl sites for hydroxylation is 4. The molecule has 0 radical (unpaired) electrons. The van der Waals surface area contributed by atoms with Gasteiger partial charge < -0.3 is 10.3 Å². The first-order valence-corrected chi connectivity index (χ1v) is 9.64. The summed E-state index contributed by atoms with van der Waals surface area (Å²) in [6, 6.07) is 0. The Morgan fingerprint density at radius 3 is 2.35 bits per heavy atom. The monoisotopic (exact) mass is 341 g/mol. The molecule has 0 atom stereocenters. The van der Waals surface area contributed by atoms with Crippen LogP contribution in [0.1, 0.15) is 37.4 Å². The van der Waals surface area contributed by atoms with Gasteiger partial charge in [-0.25, -0.2) is 23.1 Å². The van der Waals surface area contributed by atoms with E-state index < -0.39 is 10.0 Å². The molecule has 2 rings (SSSR count). The highest BCUT2D eigenvalue weighted by atomic mass is 32.2. The minimum absolute atomic E-state index is 0.399. The number of nitrogens with one attached hydrogen (secondary N) is 1. The SMILES string of the molecule is CC.Cc1nc(N)c2nc(C)n(CCCNS(C)(=O)=O)c2c1C. The molecule has 7 nitrogen and oxygen atoms in total. The fourth-order valence-electron chi connectivity index (χ4n) is 2.38. The van der Waals surface area contributed by atoms with Gasteiger partial charge in [-0.3, -0.25) is 0 Å². The fourth-order valence-corrected chi connectivity index (χ4v) is 2.90. The summed E-state index contributed by atoms with van der Waals surface area (Å²) in [5.74, 6) is 1.29. The summed E-state index contributed by atoms with van der Waals surface area (Å²) >= 11 is 0. The standard InChI is InChI=1S/C13H21N5O2S.C2H6/c1-8-9(2)16-13(14)11-12(8)18(10(3)17-11)7-5-6-15-21(4,19)20;1-2/h15H,5-7H2,1-4H3,(H2,14,16);1-2H3. The van der Waals surface area contributed by atoms with E-state index in [-0.39, 0.29) is 0 Å². The number of hydrogen-bond acceptors (Lipinski definition) is 5. The van der Waals surface area contributed by atoms with Crippen LogP contribution in [0.15, 0.2) is 0 Å². The quantitative estimate of drug-likeness (QED) is 0.809. The van der Waals surface area contributed by atoms with Gasteiger partial charge in [-0.15, -0.1) is 0 Å². The van der Waals surface area contributed by atoms with Crippen LogP contribution < -0.4 is 10.5 Å². The van der Waals surface area contributed by atoms with E-state index >= 15 is 0 Å². The van der Waals surface area contributed by atoms with Crippen LogP contribution in [0.5, 0.6) is 0 Å². The molecule has 2 aromatic heterocycles. The first-order valence-electron chi connectivity index (χ1n) is 7.75. The Morgan fingerprint density at radius 2 is 1.78 bits per heavy atom. The van der Waals surface area contributed by atoms with Crippen LogP contribution in [-0.4, -0.2) is 35.8 Å². The van der Waals surface area contributed by atoms with Crippen molar-refractivity contribution in [3.05, 3.63) is 17.1 Å². The molecule has 0 bridgehead atoms. The second-order valence-electron chi connectivity index (χ2n) is 5.24. The number of fused-ring (bicyclic) bond motifs is 1. The molecule has 0 aromatic carbocycles. The van der Waals surface area contributed by atoms with Crippen molar-refractivity contribution in [2.24, 2.45) is 0 Å². The molecule has 3 N–H and O–H groups in total. The highest BCUT2D eigenvalue weighted by Gasteiger charge is 2.15. The lowest BCUT2D eigenvalue weighted by Gasteiger charge is -2.10. The maximum atomic E-state index is 11.1. The molecule has 0 amide bonds. The summed E-state index contributed by atoms with van der Waals surface area (Å²) in [5.41, 5.74) is 9.58. The topological polar surface area (TPSA) is 103 Å². The minimum atomic E-state index is -3.14. The van der Waals surface area contributed by atoms with Crippen LogP contribution in [0.2, 0.25) is 0 Å². The van der Waals surface area contributed by atoms with E-state index in [1.165, 1.54) is 0 Å². The summed E-state index contributed by atoms with van der Waals surface area (Å²) in [7, 11) is -3.14. The molecular formula is C15H27N5O2S. The second kappa shape index (κ2) is 7.74. The van der Waals surface area contributed by atoms with Gasteiger partial charge in [0.15, 0.2) is 5.82 Å². The molecule has 0 fully saturated rings. The molecule has 23 heavy (non-hydrogen) atoms. The largest absolute Gasteiger partial charge is 0.382 e. The lowest BCUT2D eigenvalue weighted by molar-refractivity contribution is 0.575. The molecule has 2 aromatic rings. The van der Waals surface area contributed by atoms with E-state index in [0.29, 0.717) is 30.8 Å². The van der Waals surface area contributed by atoms with Crippen LogP contribution >= 0.6 is 0 Å². The first kappa shape index (κ1) is 19.4. The van der Waals surface area contributed by atoms with E-state index in [1.807, 2.05) is 34.6 Å². The Balaban J connectivity index is 0.00000127. The van der Waals surface area contributed by atoms with Crippen molar-refractivity contribution in [2.75, 3.05) is 18.5 Å². The molecule has 0 aliphatic carbocycles. The predicted molar refractivity (Wildman–Crippen MR) is 95.0 cm³/mol. The number of pyridine rings is 1. The molecule has 0 aliphatic heterocycles. The summed E-state index contributed by atoms with van der Waals surface area (Å²) in [6.45, 7) is 10.9. The number of hydrogen-bond donors (Lipinski definition) is 2. The van der Waals surface area contributed by atoms with E-state index in [4.69, 9.17) is 5.73 Å². The molecule has 0 aliphatic rings. The Hall–Kier alpha value is -1.67. The molecule has 8 heteroatoms. The van der Waals surface area contributed by atoms with E-state index in [2.05, 4.69) is 19.3 Å². The third-order valence-corrected chi connectivity index (χ3v) is 4.24. The van der Waals surface area contributed by atoms with Crippen molar-refractivity contribution >= 4 is 26.9 Å². The van der Waals surface area contributed by atoms with Gasteiger partial charge in [-0.05, 0) is 32.8 Å². The van der Waals surface area contributed by atoms with E-state index in [1.54, 1.807) is 0 Å². The number of rotatable bonds is 5. The van der Waals surface area contributed by atoms with Gasteiger partial charge in [0.25, 0.3) is 0 Å². The van der Waals surface area contributed by atoms with Gasteiger partial charge >= 0.3 is 0 Å². The number of sulfonamides is 1. The van der Waals surface area contributed by atoms with Crippen molar-refractivity contribution < 1.29 is 8.42 Å². The van der Waals surface area contributed by atoms with Crippen LogP contribution in [0, 0.1) is 20.8 Å². The number of nitrogens with two attached hydrogens (primary N) is 1. The van der Waals surface area contributed by atoms with Crippen LogP contribution in [0.25, 0.3) is 11.0 Å². The zero-order chi connectivity index (χ0) is 17.8. The van der Waals surface area contributed by atoms with Crippen molar-refractivity contribution in [1.82, 2.24) is 19.3 Å². The van der Waals surface area contributed by atoms with Crippen LogP contribution in [-0.2, 0) is 16.6 Å². The van der Waals surface area contributed by atoms with Crippen molar-refractivity contribution in [3.8, 4) is 0 Å². The number of anilines is 1. The molecule has 0 unspecified atom stereocenters. The summed E-state index contributed by atoms with van der Waals surface area (Å²) < 4.78 is 26.7. The van der Waals surface area contributed by atoms with Crippen LogP contribution in [0.4, 0.5) is 5.82 Å². The Morgan fingerprint density at radius 1 is 1.17 bits per heavy atom. The van der Waals surface area contributed by atoms with Gasteiger partial charge in [0.1, 0.15) is 11.3 Å². The number of nitrogen functional groups attached to an aromatic ring is 1. The van der Waals surface area contributed by atoms with Crippen molar-refractivity contribution in [1.29, 1.82) is 0 Å². The fraction of sp³-hybridized carbons (Fsp3) is 0.600. The maximum Gasteiger partial charge on any atom is 0.208 e. The van der Waals surface area contributed by atoms with Gasteiger partial charge in [0.05, 0.1) is 11.8 Å². The molecule has 130 valence electrons. The van der Waals surface area contributed by atoms with Gasteiger partial charge in [-0.2, -0.15) is 0 Å². The number of imidazole rings is 1. The van der Waals surface area contributed by atoms with Crippen molar-refractivity contribution in [2.45, 2.75) is 47.6 Å². The number of aromatic nitrogens is 3. The second-order valence-corrected chi connectivity index (χ2v) is 7.07. The maximum absolute atomic E-state index is 11.1. The third kappa shape index (κ3) is 4.65. The highest BCUT2D eigenvalue weighted by molar-refractivity contribution is 7.88. The highest BCUT2D eigenvalue weighted by Crippen LogP contribution is 2.25. The molecular weight excluding hydrogens is 314 g/mol.